The molecule has 0 spiro atoms. The van der Waals surface area contributed by atoms with Crippen LogP contribution in [0.3, 0.4) is 0 Å². The van der Waals surface area contributed by atoms with E-state index < -0.39 is 6.09 Å². The highest BCUT2D eigenvalue weighted by atomic mass is 16.5. The van der Waals surface area contributed by atoms with E-state index in [0.29, 0.717) is 6.54 Å². The second-order valence-corrected chi connectivity index (χ2v) is 4.15. The standard InChI is InChI=1S/C13H19N3O3/c1-9(15-6-7-19-13(14)18)11-4-3-5-12(8-11)16-10(2)17/h3-5,8-9,15H,6-7H2,1-2H3,(H2,14,18)(H,16,17). The molecule has 1 aromatic carbocycles. The topological polar surface area (TPSA) is 93.4 Å². The summed E-state index contributed by atoms with van der Waals surface area (Å²) in [5.41, 5.74) is 6.65. The van der Waals surface area contributed by atoms with Crippen LogP contribution in [0.25, 0.3) is 0 Å². The second kappa shape index (κ2) is 7.38. The van der Waals surface area contributed by atoms with E-state index in [1.165, 1.54) is 6.92 Å². The maximum absolute atomic E-state index is 11.0. The summed E-state index contributed by atoms with van der Waals surface area (Å²) in [7, 11) is 0. The second-order valence-electron chi connectivity index (χ2n) is 4.15. The largest absolute Gasteiger partial charge is 0.448 e. The summed E-state index contributed by atoms with van der Waals surface area (Å²) < 4.78 is 4.62. The molecule has 0 heterocycles. The number of carbonyl (C=O) groups is 2. The van der Waals surface area contributed by atoms with Crippen molar-refractivity contribution in [3.63, 3.8) is 0 Å². The first kappa shape index (κ1) is 15.0. The van der Waals surface area contributed by atoms with Crippen LogP contribution in [0.4, 0.5) is 10.5 Å². The van der Waals surface area contributed by atoms with E-state index in [4.69, 9.17) is 5.73 Å². The van der Waals surface area contributed by atoms with Crippen molar-refractivity contribution >= 4 is 17.7 Å². The SMILES string of the molecule is CC(=O)Nc1cccc(C(C)NCCOC(N)=O)c1. The molecule has 0 bridgehead atoms. The molecule has 0 fully saturated rings. The number of nitrogens with one attached hydrogen (secondary N) is 2. The summed E-state index contributed by atoms with van der Waals surface area (Å²) in [4.78, 5) is 21.4. The fraction of sp³-hybridized carbons (Fsp3) is 0.385. The van der Waals surface area contributed by atoms with Crippen LogP contribution in [0, 0.1) is 0 Å². The highest BCUT2D eigenvalue weighted by Crippen LogP contribution is 2.17. The first-order valence-electron chi connectivity index (χ1n) is 6.02. The smallest absolute Gasteiger partial charge is 0.404 e. The number of ether oxygens (including phenoxy) is 1. The monoisotopic (exact) mass is 265 g/mol. The Morgan fingerprint density at radius 1 is 1.42 bits per heavy atom. The number of hydrogen-bond acceptors (Lipinski definition) is 4. The van der Waals surface area contributed by atoms with Gasteiger partial charge in [0, 0.05) is 25.2 Å². The Kier molecular flexibility index (Phi) is 5.81. The summed E-state index contributed by atoms with van der Waals surface area (Å²) in [6.45, 7) is 4.19. The van der Waals surface area contributed by atoms with Crippen LogP contribution in [-0.4, -0.2) is 25.2 Å². The van der Waals surface area contributed by atoms with Gasteiger partial charge in [-0.2, -0.15) is 0 Å². The van der Waals surface area contributed by atoms with Gasteiger partial charge in [-0.3, -0.25) is 4.79 Å². The third-order valence-electron chi connectivity index (χ3n) is 2.50. The van der Waals surface area contributed by atoms with Crippen molar-refractivity contribution in [1.29, 1.82) is 0 Å². The molecule has 6 nitrogen and oxygen atoms in total. The average Bonchev–Trinajstić information content (AvgIpc) is 2.33. The summed E-state index contributed by atoms with van der Waals surface area (Å²) >= 11 is 0. The number of anilines is 1. The Morgan fingerprint density at radius 2 is 2.16 bits per heavy atom. The van der Waals surface area contributed by atoms with Crippen LogP contribution in [-0.2, 0) is 9.53 Å². The molecule has 1 aromatic rings. The zero-order valence-electron chi connectivity index (χ0n) is 11.1. The molecular formula is C13H19N3O3. The van der Waals surface area contributed by atoms with Crippen LogP contribution in [0.2, 0.25) is 0 Å². The minimum absolute atomic E-state index is 0.0742. The van der Waals surface area contributed by atoms with Crippen molar-refractivity contribution in [2.24, 2.45) is 5.73 Å². The lowest BCUT2D eigenvalue weighted by Crippen LogP contribution is -2.26. The summed E-state index contributed by atoms with van der Waals surface area (Å²) in [5.74, 6) is -0.104. The van der Waals surface area contributed by atoms with Gasteiger partial charge in [-0.1, -0.05) is 12.1 Å². The zero-order chi connectivity index (χ0) is 14.3. The van der Waals surface area contributed by atoms with Crippen molar-refractivity contribution in [2.75, 3.05) is 18.5 Å². The van der Waals surface area contributed by atoms with Gasteiger partial charge in [0.15, 0.2) is 0 Å². The van der Waals surface area contributed by atoms with Gasteiger partial charge < -0.3 is 21.1 Å². The number of rotatable bonds is 6. The van der Waals surface area contributed by atoms with Gasteiger partial charge in [-0.05, 0) is 24.6 Å². The van der Waals surface area contributed by atoms with Crippen LogP contribution in [0.15, 0.2) is 24.3 Å². The molecule has 2 amide bonds. The van der Waals surface area contributed by atoms with Gasteiger partial charge in [0.2, 0.25) is 5.91 Å². The summed E-state index contributed by atoms with van der Waals surface area (Å²) in [5, 5.41) is 5.92. The quantitative estimate of drug-likeness (QED) is 0.677. The van der Waals surface area contributed by atoms with Crippen molar-refractivity contribution in [2.45, 2.75) is 19.9 Å². The van der Waals surface area contributed by atoms with E-state index in [1.807, 2.05) is 31.2 Å². The molecule has 1 atom stereocenters. The lowest BCUT2D eigenvalue weighted by molar-refractivity contribution is -0.114. The van der Waals surface area contributed by atoms with E-state index in [2.05, 4.69) is 15.4 Å². The van der Waals surface area contributed by atoms with Crippen molar-refractivity contribution in [1.82, 2.24) is 5.32 Å². The van der Waals surface area contributed by atoms with Gasteiger partial charge >= 0.3 is 6.09 Å². The molecule has 19 heavy (non-hydrogen) atoms. The maximum Gasteiger partial charge on any atom is 0.404 e. The van der Waals surface area contributed by atoms with Gasteiger partial charge in [0.05, 0.1) is 0 Å². The lowest BCUT2D eigenvalue weighted by Gasteiger charge is -2.15. The van der Waals surface area contributed by atoms with Crippen LogP contribution < -0.4 is 16.4 Å². The van der Waals surface area contributed by atoms with E-state index in [9.17, 15) is 9.59 Å². The molecule has 1 rings (SSSR count). The fourth-order valence-electron chi connectivity index (χ4n) is 1.63. The highest BCUT2D eigenvalue weighted by molar-refractivity contribution is 5.88. The van der Waals surface area contributed by atoms with Gasteiger partial charge in [0.25, 0.3) is 0 Å². The van der Waals surface area contributed by atoms with Crippen molar-refractivity contribution < 1.29 is 14.3 Å². The molecule has 0 aliphatic heterocycles. The normalized spacial score (nSPS) is 11.7. The number of amides is 2. The first-order chi connectivity index (χ1) is 8.99. The predicted octanol–water partition coefficient (Wildman–Crippen LogP) is 1.39. The summed E-state index contributed by atoms with van der Waals surface area (Å²) in [6.07, 6.45) is -0.776. The molecule has 0 saturated heterocycles. The van der Waals surface area contributed by atoms with Crippen LogP contribution in [0.5, 0.6) is 0 Å². The Hall–Kier alpha value is -2.08. The van der Waals surface area contributed by atoms with Crippen LogP contribution >= 0.6 is 0 Å². The molecule has 1 unspecified atom stereocenters. The van der Waals surface area contributed by atoms with E-state index in [1.54, 1.807) is 0 Å². The minimum Gasteiger partial charge on any atom is -0.448 e. The lowest BCUT2D eigenvalue weighted by atomic mass is 10.1. The Bertz CT molecular complexity index is 449. The molecule has 0 radical (unpaired) electrons. The number of benzene rings is 1. The van der Waals surface area contributed by atoms with E-state index in [0.717, 1.165) is 11.3 Å². The fourth-order valence-corrected chi connectivity index (χ4v) is 1.63. The molecule has 0 aromatic heterocycles. The summed E-state index contributed by atoms with van der Waals surface area (Å²) in [6, 6.07) is 7.63. The number of primary amides is 1. The van der Waals surface area contributed by atoms with Crippen LogP contribution in [0.1, 0.15) is 25.5 Å². The maximum atomic E-state index is 11.0. The minimum atomic E-state index is -0.776. The van der Waals surface area contributed by atoms with Crippen molar-refractivity contribution in [3.05, 3.63) is 29.8 Å². The molecule has 0 aliphatic carbocycles. The Balaban J connectivity index is 2.49. The van der Waals surface area contributed by atoms with Gasteiger partial charge in [-0.25, -0.2) is 4.79 Å². The number of nitrogens with two attached hydrogens (primary N) is 1. The molecule has 104 valence electrons. The molecule has 0 saturated carbocycles. The molecule has 4 N–H and O–H groups in total. The Morgan fingerprint density at radius 3 is 2.79 bits per heavy atom. The predicted molar refractivity (Wildman–Crippen MR) is 72.7 cm³/mol. The third-order valence-corrected chi connectivity index (χ3v) is 2.50. The number of carbonyl (C=O) groups excluding carboxylic acids is 2. The van der Waals surface area contributed by atoms with Gasteiger partial charge in [0.1, 0.15) is 6.61 Å². The number of hydrogen-bond donors (Lipinski definition) is 3. The molecule has 0 aliphatic rings. The van der Waals surface area contributed by atoms with Gasteiger partial charge in [-0.15, -0.1) is 0 Å². The first-order valence-corrected chi connectivity index (χ1v) is 6.02. The average molecular weight is 265 g/mol. The third kappa shape index (κ3) is 5.87. The molecule has 6 heteroatoms. The van der Waals surface area contributed by atoms with Crippen molar-refractivity contribution in [3.8, 4) is 0 Å². The Labute approximate surface area is 112 Å². The van der Waals surface area contributed by atoms with E-state index in [-0.39, 0.29) is 18.6 Å². The highest BCUT2D eigenvalue weighted by Gasteiger charge is 2.06. The molecular weight excluding hydrogens is 246 g/mol. The zero-order valence-corrected chi connectivity index (χ0v) is 11.1. The van der Waals surface area contributed by atoms with E-state index >= 15 is 0 Å².